The average Bonchev–Trinajstić information content (AvgIpc) is 3.19. The van der Waals surface area contributed by atoms with Crippen molar-refractivity contribution in [1.29, 1.82) is 0 Å². The zero-order valence-electron chi connectivity index (χ0n) is 12.6. The quantitative estimate of drug-likeness (QED) is 0.892. The normalized spacial score (nSPS) is 20.6. The van der Waals surface area contributed by atoms with Crippen LogP contribution in [0.2, 0.25) is 0 Å². The van der Waals surface area contributed by atoms with Crippen LogP contribution in [0.3, 0.4) is 0 Å². The first-order chi connectivity index (χ1) is 11.9. The molecule has 2 atom stereocenters. The molecule has 1 aromatic heterocycles. The Bertz CT molecular complexity index is 836. The average molecular weight is 355 g/mol. The molecule has 1 unspecified atom stereocenters. The smallest absolute Gasteiger partial charge is 0.418 e. The van der Waals surface area contributed by atoms with Crippen molar-refractivity contribution in [2.45, 2.75) is 25.0 Å². The molecule has 1 fully saturated rings. The largest absolute Gasteiger partial charge is 0.481 e. The number of alkyl halides is 3. The number of hydrogen-bond donors (Lipinski definition) is 1. The summed E-state index contributed by atoms with van der Waals surface area (Å²) in [6, 6.07) is 4.93. The van der Waals surface area contributed by atoms with Crippen LogP contribution in [-0.4, -0.2) is 45.7 Å². The van der Waals surface area contributed by atoms with Crippen molar-refractivity contribution < 1.29 is 32.5 Å². The first kappa shape index (κ1) is 15.8. The molecule has 2 aliphatic heterocycles. The summed E-state index contributed by atoms with van der Waals surface area (Å²) < 4.78 is 50.1. The van der Waals surface area contributed by atoms with Crippen LogP contribution >= 0.6 is 0 Å². The van der Waals surface area contributed by atoms with Gasteiger partial charge in [-0.2, -0.15) is 13.2 Å². The fourth-order valence-corrected chi connectivity index (χ4v) is 2.92. The maximum Gasteiger partial charge on any atom is 0.418 e. The van der Waals surface area contributed by atoms with Crippen LogP contribution in [0.25, 0.3) is 5.69 Å². The topological polar surface area (TPSA) is 76.8 Å². The number of ether oxygens (including phenoxy) is 2. The lowest BCUT2D eigenvalue weighted by molar-refractivity contribution is -0.224. The zero-order valence-corrected chi connectivity index (χ0v) is 12.6. The summed E-state index contributed by atoms with van der Waals surface area (Å²) >= 11 is 0. The number of fused-ring (bicyclic) bond motifs is 3. The molecule has 10 heteroatoms. The second kappa shape index (κ2) is 5.38. The SMILES string of the molecule is O=C1O[C@@H](C(O)C(F)(F)F)CN1c1cccc2c1OCc1nccn1-2. The summed E-state index contributed by atoms with van der Waals surface area (Å²) in [4.78, 5) is 17.2. The number of para-hydroxylation sites is 1. The van der Waals surface area contributed by atoms with Gasteiger partial charge in [-0.1, -0.05) is 6.07 Å². The Labute approximate surface area is 139 Å². The van der Waals surface area contributed by atoms with Crippen LogP contribution in [0, 0.1) is 0 Å². The summed E-state index contributed by atoms with van der Waals surface area (Å²) in [6.07, 6.45) is -6.97. The highest BCUT2D eigenvalue weighted by Gasteiger charge is 2.50. The number of rotatable bonds is 2. The van der Waals surface area contributed by atoms with E-state index in [1.807, 2.05) is 0 Å². The Morgan fingerprint density at radius 2 is 2.08 bits per heavy atom. The summed E-state index contributed by atoms with van der Waals surface area (Å²) in [7, 11) is 0. The number of halogens is 3. The summed E-state index contributed by atoms with van der Waals surface area (Å²) in [5, 5.41) is 9.34. The predicted octanol–water partition coefficient (Wildman–Crippen LogP) is 2.01. The number of amides is 1. The molecule has 7 nitrogen and oxygen atoms in total. The molecule has 2 aromatic rings. The van der Waals surface area contributed by atoms with E-state index in [1.54, 1.807) is 35.2 Å². The number of hydrogen-bond acceptors (Lipinski definition) is 5. The monoisotopic (exact) mass is 355 g/mol. The maximum absolute atomic E-state index is 12.7. The molecule has 0 spiro atoms. The number of benzene rings is 1. The molecule has 1 aromatic carbocycles. The van der Waals surface area contributed by atoms with Crippen molar-refractivity contribution in [2.75, 3.05) is 11.4 Å². The van der Waals surface area contributed by atoms with Gasteiger partial charge in [-0.15, -0.1) is 0 Å². The van der Waals surface area contributed by atoms with E-state index >= 15 is 0 Å². The highest BCUT2D eigenvalue weighted by molar-refractivity contribution is 5.92. The third kappa shape index (κ3) is 2.49. The van der Waals surface area contributed by atoms with Crippen molar-refractivity contribution >= 4 is 11.8 Å². The fourth-order valence-electron chi connectivity index (χ4n) is 2.92. The third-order valence-corrected chi connectivity index (χ3v) is 4.11. The molecule has 132 valence electrons. The lowest BCUT2D eigenvalue weighted by atomic mass is 10.1. The van der Waals surface area contributed by atoms with Gasteiger partial charge in [-0.3, -0.25) is 9.47 Å². The van der Waals surface area contributed by atoms with Crippen LogP contribution in [0.4, 0.5) is 23.7 Å². The maximum atomic E-state index is 12.7. The number of carbonyl (C=O) groups is 1. The first-order valence-electron chi connectivity index (χ1n) is 7.37. The molecule has 1 N–H and O–H groups in total. The van der Waals surface area contributed by atoms with Crippen molar-refractivity contribution in [3.63, 3.8) is 0 Å². The van der Waals surface area contributed by atoms with Crippen molar-refractivity contribution in [3.05, 3.63) is 36.4 Å². The summed E-state index contributed by atoms with van der Waals surface area (Å²) in [5.41, 5.74) is 0.891. The van der Waals surface area contributed by atoms with Gasteiger partial charge >= 0.3 is 12.3 Å². The minimum atomic E-state index is -4.88. The molecule has 2 aliphatic rings. The predicted molar refractivity (Wildman–Crippen MR) is 77.6 cm³/mol. The van der Waals surface area contributed by atoms with Gasteiger partial charge < -0.3 is 14.6 Å². The number of anilines is 1. The van der Waals surface area contributed by atoms with Gasteiger partial charge in [0.2, 0.25) is 0 Å². The van der Waals surface area contributed by atoms with Crippen LogP contribution in [0.5, 0.6) is 5.75 Å². The number of carbonyl (C=O) groups excluding carboxylic acids is 1. The minimum absolute atomic E-state index is 0.161. The molecule has 0 saturated carbocycles. The second-order valence-electron chi connectivity index (χ2n) is 5.65. The van der Waals surface area contributed by atoms with Gasteiger partial charge in [0, 0.05) is 12.4 Å². The van der Waals surface area contributed by atoms with E-state index in [4.69, 9.17) is 9.47 Å². The summed E-state index contributed by atoms with van der Waals surface area (Å²) in [5.74, 6) is 1.01. The van der Waals surface area contributed by atoms with Crippen molar-refractivity contribution in [3.8, 4) is 11.4 Å². The first-order valence-corrected chi connectivity index (χ1v) is 7.37. The Balaban J connectivity index is 1.68. The molecule has 4 rings (SSSR count). The second-order valence-corrected chi connectivity index (χ2v) is 5.65. The molecular weight excluding hydrogens is 343 g/mol. The highest BCUT2D eigenvalue weighted by atomic mass is 19.4. The van der Waals surface area contributed by atoms with E-state index in [0.717, 1.165) is 4.90 Å². The van der Waals surface area contributed by atoms with Crippen LogP contribution in [0.1, 0.15) is 5.82 Å². The standard InChI is InChI=1S/C15H12F3N3O4/c16-15(17,18)13(22)10-6-21(14(23)25-10)9-3-1-2-8-12(9)24-7-11-19-4-5-20(8)11/h1-5,10,13,22H,6-7H2/t10-,13?/m1/s1. The fraction of sp³-hybridized carbons (Fsp3) is 0.333. The van der Waals surface area contributed by atoms with E-state index in [-0.39, 0.29) is 12.3 Å². The van der Waals surface area contributed by atoms with E-state index in [2.05, 4.69) is 4.98 Å². The lowest BCUT2D eigenvalue weighted by Crippen LogP contribution is -2.42. The van der Waals surface area contributed by atoms with E-state index in [9.17, 15) is 23.1 Å². The number of aliphatic hydroxyl groups excluding tert-OH is 1. The third-order valence-electron chi connectivity index (χ3n) is 4.11. The molecular formula is C15H12F3N3O4. The minimum Gasteiger partial charge on any atom is -0.481 e. The lowest BCUT2D eigenvalue weighted by Gasteiger charge is -2.25. The molecule has 3 heterocycles. The zero-order chi connectivity index (χ0) is 17.8. The van der Waals surface area contributed by atoms with Gasteiger partial charge in [0.1, 0.15) is 6.61 Å². The van der Waals surface area contributed by atoms with Crippen molar-refractivity contribution in [1.82, 2.24) is 9.55 Å². The van der Waals surface area contributed by atoms with Gasteiger partial charge in [0.15, 0.2) is 23.8 Å². The number of nitrogens with zero attached hydrogens (tertiary/aromatic N) is 3. The van der Waals surface area contributed by atoms with E-state index in [0.29, 0.717) is 17.3 Å². The van der Waals surface area contributed by atoms with Gasteiger partial charge in [-0.25, -0.2) is 9.78 Å². The number of aromatic nitrogens is 2. The van der Waals surface area contributed by atoms with Crippen LogP contribution in [0.15, 0.2) is 30.6 Å². The van der Waals surface area contributed by atoms with Gasteiger partial charge in [0.05, 0.1) is 17.9 Å². The van der Waals surface area contributed by atoms with Crippen LogP contribution < -0.4 is 9.64 Å². The van der Waals surface area contributed by atoms with Gasteiger partial charge in [-0.05, 0) is 12.1 Å². The van der Waals surface area contributed by atoms with E-state index < -0.39 is 31.0 Å². The van der Waals surface area contributed by atoms with E-state index in [1.165, 1.54) is 0 Å². The Morgan fingerprint density at radius 1 is 1.32 bits per heavy atom. The molecule has 0 bridgehead atoms. The molecule has 0 aliphatic carbocycles. The highest BCUT2D eigenvalue weighted by Crippen LogP contribution is 2.40. The summed E-state index contributed by atoms with van der Waals surface area (Å²) in [6.45, 7) is -0.273. The molecule has 0 radical (unpaired) electrons. The van der Waals surface area contributed by atoms with Crippen molar-refractivity contribution in [2.24, 2.45) is 0 Å². The Hall–Kier alpha value is -2.75. The number of cyclic esters (lactones) is 1. The van der Waals surface area contributed by atoms with Crippen LogP contribution in [-0.2, 0) is 11.3 Å². The number of aliphatic hydroxyl groups is 1. The molecule has 1 saturated heterocycles. The Kier molecular flexibility index (Phi) is 3.39. The molecule has 1 amide bonds. The van der Waals surface area contributed by atoms with Gasteiger partial charge in [0.25, 0.3) is 0 Å². The Morgan fingerprint density at radius 3 is 2.84 bits per heavy atom. The number of imidazole rings is 1. The molecule has 25 heavy (non-hydrogen) atoms.